The Kier molecular flexibility index (Phi) is 6.31. The molecule has 0 saturated heterocycles. The number of hydrogen-bond acceptors (Lipinski definition) is 3. The average molecular weight is 280 g/mol. The largest absolute Gasteiger partial charge is 0.491 e. The molecule has 0 unspecified atom stereocenters. The van der Waals surface area contributed by atoms with Crippen LogP contribution in [0.25, 0.3) is 0 Å². The first-order chi connectivity index (χ1) is 9.42. The van der Waals surface area contributed by atoms with Crippen molar-refractivity contribution >= 4 is 11.7 Å². The van der Waals surface area contributed by atoms with Crippen LogP contribution in [0.15, 0.2) is 18.2 Å². The fraction of sp³-hybridized carbons (Fsp3) is 0.533. The first kappa shape index (κ1) is 16.3. The van der Waals surface area contributed by atoms with Gasteiger partial charge in [-0.15, -0.1) is 0 Å². The minimum atomic E-state index is -0.244. The van der Waals surface area contributed by atoms with Gasteiger partial charge in [0.2, 0.25) is 0 Å². The first-order valence-corrected chi connectivity index (χ1v) is 6.76. The zero-order valence-electron chi connectivity index (χ0n) is 12.8. The standard InChI is InChI=1S/C15H24N2O3/c1-10(2)20-14-7-6-13(8-11(14)3)17-15(18)16-12(4)9-19-5/h6-8,10,12H,9H2,1-5H3,(H2,16,17,18)/t12-/m0/s1. The summed E-state index contributed by atoms with van der Waals surface area (Å²) in [7, 11) is 1.60. The number of anilines is 1. The second-order valence-corrected chi connectivity index (χ2v) is 5.10. The minimum absolute atomic E-state index is 0.0374. The molecule has 0 heterocycles. The molecule has 0 fully saturated rings. The quantitative estimate of drug-likeness (QED) is 0.842. The Morgan fingerprint density at radius 2 is 2.00 bits per heavy atom. The molecule has 0 spiro atoms. The third kappa shape index (κ3) is 5.48. The predicted molar refractivity (Wildman–Crippen MR) is 80.4 cm³/mol. The Morgan fingerprint density at radius 3 is 2.55 bits per heavy atom. The van der Waals surface area contributed by atoms with Crippen LogP contribution in [0.5, 0.6) is 5.75 Å². The summed E-state index contributed by atoms with van der Waals surface area (Å²) >= 11 is 0. The summed E-state index contributed by atoms with van der Waals surface area (Å²) < 4.78 is 10.6. The van der Waals surface area contributed by atoms with Gasteiger partial charge in [0, 0.05) is 12.8 Å². The number of benzene rings is 1. The van der Waals surface area contributed by atoms with E-state index in [2.05, 4.69) is 10.6 Å². The molecular formula is C15H24N2O3. The van der Waals surface area contributed by atoms with Crippen molar-refractivity contribution in [2.45, 2.75) is 39.8 Å². The normalized spacial score (nSPS) is 12.1. The number of nitrogens with one attached hydrogen (secondary N) is 2. The third-order valence-electron chi connectivity index (χ3n) is 2.59. The van der Waals surface area contributed by atoms with Gasteiger partial charge in [-0.25, -0.2) is 4.79 Å². The van der Waals surface area contributed by atoms with Gasteiger partial charge in [0.05, 0.1) is 18.8 Å². The van der Waals surface area contributed by atoms with E-state index in [0.717, 1.165) is 17.0 Å². The van der Waals surface area contributed by atoms with Gasteiger partial charge >= 0.3 is 6.03 Å². The highest BCUT2D eigenvalue weighted by molar-refractivity contribution is 5.89. The van der Waals surface area contributed by atoms with Crippen molar-refractivity contribution in [2.24, 2.45) is 0 Å². The summed E-state index contributed by atoms with van der Waals surface area (Å²) in [4.78, 5) is 11.8. The van der Waals surface area contributed by atoms with Crippen molar-refractivity contribution in [1.29, 1.82) is 0 Å². The van der Waals surface area contributed by atoms with Crippen molar-refractivity contribution in [3.63, 3.8) is 0 Å². The zero-order valence-corrected chi connectivity index (χ0v) is 12.8. The number of carbonyl (C=O) groups excluding carboxylic acids is 1. The molecule has 112 valence electrons. The molecule has 1 aromatic carbocycles. The summed E-state index contributed by atoms with van der Waals surface area (Å²) in [5.74, 6) is 0.832. The van der Waals surface area contributed by atoms with Gasteiger partial charge in [0.25, 0.3) is 0 Å². The van der Waals surface area contributed by atoms with Crippen molar-refractivity contribution in [1.82, 2.24) is 5.32 Å². The zero-order chi connectivity index (χ0) is 15.1. The number of urea groups is 1. The lowest BCUT2D eigenvalue weighted by Gasteiger charge is -2.15. The van der Waals surface area contributed by atoms with E-state index >= 15 is 0 Å². The van der Waals surface area contributed by atoms with E-state index in [9.17, 15) is 4.79 Å². The molecule has 0 bridgehead atoms. The van der Waals surface area contributed by atoms with Crippen molar-refractivity contribution in [3.8, 4) is 5.75 Å². The third-order valence-corrected chi connectivity index (χ3v) is 2.59. The SMILES string of the molecule is COC[C@H](C)NC(=O)Nc1ccc(OC(C)C)c(C)c1. The topological polar surface area (TPSA) is 59.6 Å². The highest BCUT2D eigenvalue weighted by Gasteiger charge is 2.08. The van der Waals surface area contributed by atoms with Crippen molar-refractivity contribution in [2.75, 3.05) is 19.0 Å². The van der Waals surface area contributed by atoms with E-state index in [4.69, 9.17) is 9.47 Å². The van der Waals surface area contributed by atoms with Crippen LogP contribution >= 0.6 is 0 Å². The second kappa shape index (κ2) is 7.75. The van der Waals surface area contributed by atoms with Crippen LogP contribution in [0.3, 0.4) is 0 Å². The number of carbonyl (C=O) groups is 1. The molecule has 0 aliphatic heterocycles. The smallest absolute Gasteiger partial charge is 0.319 e. The van der Waals surface area contributed by atoms with Crippen LogP contribution in [-0.4, -0.2) is 31.9 Å². The monoisotopic (exact) mass is 280 g/mol. The Hall–Kier alpha value is -1.75. The lowest BCUT2D eigenvalue weighted by Crippen LogP contribution is -2.38. The molecule has 2 amide bonds. The van der Waals surface area contributed by atoms with E-state index in [0.29, 0.717) is 6.61 Å². The number of rotatable bonds is 6. The van der Waals surface area contributed by atoms with Crippen LogP contribution < -0.4 is 15.4 Å². The van der Waals surface area contributed by atoms with Gasteiger partial charge in [0.1, 0.15) is 5.75 Å². The predicted octanol–water partition coefficient (Wildman–Crippen LogP) is 2.94. The Labute approximate surface area is 120 Å². The van der Waals surface area contributed by atoms with E-state index in [-0.39, 0.29) is 18.2 Å². The molecule has 1 aromatic rings. The maximum Gasteiger partial charge on any atom is 0.319 e. The molecule has 0 aliphatic carbocycles. The average Bonchev–Trinajstić information content (AvgIpc) is 2.32. The van der Waals surface area contributed by atoms with Crippen LogP contribution in [0, 0.1) is 6.92 Å². The van der Waals surface area contributed by atoms with Crippen LogP contribution in [0.1, 0.15) is 26.3 Å². The molecule has 0 aliphatic rings. The minimum Gasteiger partial charge on any atom is -0.491 e. The van der Waals surface area contributed by atoms with Gasteiger partial charge in [-0.1, -0.05) is 0 Å². The fourth-order valence-electron chi connectivity index (χ4n) is 1.80. The molecule has 0 saturated carbocycles. The number of aryl methyl sites for hydroxylation is 1. The van der Waals surface area contributed by atoms with E-state index in [1.807, 2.05) is 45.9 Å². The molecular weight excluding hydrogens is 256 g/mol. The van der Waals surface area contributed by atoms with E-state index < -0.39 is 0 Å². The second-order valence-electron chi connectivity index (χ2n) is 5.10. The number of ether oxygens (including phenoxy) is 2. The summed E-state index contributed by atoms with van der Waals surface area (Å²) in [6, 6.07) is 5.30. The summed E-state index contributed by atoms with van der Waals surface area (Å²) in [5, 5.41) is 5.58. The molecule has 5 heteroatoms. The number of methoxy groups -OCH3 is 1. The Balaban J connectivity index is 2.60. The molecule has 2 N–H and O–H groups in total. The highest BCUT2D eigenvalue weighted by atomic mass is 16.5. The van der Waals surface area contributed by atoms with Gasteiger partial charge in [-0.2, -0.15) is 0 Å². The molecule has 0 aromatic heterocycles. The van der Waals surface area contributed by atoms with Crippen LogP contribution in [-0.2, 0) is 4.74 Å². The van der Waals surface area contributed by atoms with Crippen LogP contribution in [0.4, 0.5) is 10.5 Å². The Morgan fingerprint density at radius 1 is 1.30 bits per heavy atom. The van der Waals surface area contributed by atoms with Gasteiger partial charge in [0.15, 0.2) is 0 Å². The van der Waals surface area contributed by atoms with Gasteiger partial charge in [-0.3, -0.25) is 0 Å². The maximum absolute atomic E-state index is 11.8. The Bertz CT molecular complexity index is 447. The molecule has 20 heavy (non-hydrogen) atoms. The maximum atomic E-state index is 11.8. The van der Waals surface area contributed by atoms with E-state index in [1.54, 1.807) is 7.11 Å². The number of hydrogen-bond donors (Lipinski definition) is 2. The highest BCUT2D eigenvalue weighted by Crippen LogP contribution is 2.22. The summed E-state index contributed by atoms with van der Waals surface area (Å²) in [6.07, 6.45) is 0.130. The molecule has 5 nitrogen and oxygen atoms in total. The summed E-state index contributed by atoms with van der Waals surface area (Å²) in [5.41, 5.74) is 1.72. The lowest BCUT2D eigenvalue weighted by molar-refractivity contribution is 0.173. The lowest BCUT2D eigenvalue weighted by atomic mass is 10.2. The molecule has 1 atom stereocenters. The fourth-order valence-corrected chi connectivity index (χ4v) is 1.80. The summed E-state index contributed by atoms with van der Waals surface area (Å²) in [6.45, 7) is 8.28. The van der Waals surface area contributed by atoms with Gasteiger partial charge in [-0.05, 0) is 51.5 Å². The van der Waals surface area contributed by atoms with Crippen molar-refractivity contribution in [3.05, 3.63) is 23.8 Å². The molecule has 1 rings (SSSR count). The van der Waals surface area contributed by atoms with Gasteiger partial charge < -0.3 is 20.1 Å². The van der Waals surface area contributed by atoms with E-state index in [1.165, 1.54) is 0 Å². The van der Waals surface area contributed by atoms with Crippen LogP contribution in [0.2, 0.25) is 0 Å². The van der Waals surface area contributed by atoms with Crippen molar-refractivity contribution < 1.29 is 14.3 Å². The number of amides is 2. The first-order valence-electron chi connectivity index (χ1n) is 6.76. The molecule has 0 radical (unpaired) electrons.